The molecular formula is C15H17NO2. The Balaban J connectivity index is 2.73. The van der Waals surface area contributed by atoms with Gasteiger partial charge in [-0.25, -0.2) is 0 Å². The first-order chi connectivity index (χ1) is 8.69. The van der Waals surface area contributed by atoms with E-state index in [4.69, 9.17) is 15.2 Å². The van der Waals surface area contributed by atoms with E-state index in [-0.39, 0.29) is 0 Å². The summed E-state index contributed by atoms with van der Waals surface area (Å²) in [5.74, 6) is 1.51. The molecule has 0 saturated heterocycles. The molecule has 0 atom stereocenters. The summed E-state index contributed by atoms with van der Waals surface area (Å²) in [7, 11) is 3.29. The lowest BCUT2D eigenvalue weighted by Gasteiger charge is -2.15. The highest BCUT2D eigenvalue weighted by atomic mass is 16.5. The summed E-state index contributed by atoms with van der Waals surface area (Å²) < 4.78 is 10.8. The van der Waals surface area contributed by atoms with Crippen molar-refractivity contribution in [1.82, 2.24) is 0 Å². The Labute approximate surface area is 107 Å². The molecule has 3 heteroatoms. The highest BCUT2D eigenvalue weighted by molar-refractivity contribution is 5.86. The van der Waals surface area contributed by atoms with Crippen LogP contribution in [-0.4, -0.2) is 14.2 Å². The molecule has 2 N–H and O–H groups in total. The molecule has 0 spiro atoms. The van der Waals surface area contributed by atoms with Crippen LogP contribution in [0.15, 0.2) is 36.4 Å². The molecule has 2 rings (SSSR count). The molecule has 0 heterocycles. The summed E-state index contributed by atoms with van der Waals surface area (Å²) in [4.78, 5) is 0. The van der Waals surface area contributed by atoms with Gasteiger partial charge in [0.25, 0.3) is 0 Å². The van der Waals surface area contributed by atoms with Crippen LogP contribution < -0.4 is 15.2 Å². The van der Waals surface area contributed by atoms with Gasteiger partial charge in [-0.15, -0.1) is 0 Å². The van der Waals surface area contributed by atoms with Gasteiger partial charge < -0.3 is 15.2 Å². The molecule has 2 aromatic carbocycles. The number of aryl methyl sites for hydroxylation is 1. The molecule has 0 aliphatic rings. The lowest BCUT2D eigenvalue weighted by Crippen LogP contribution is -1.97. The minimum absolute atomic E-state index is 0.750. The van der Waals surface area contributed by atoms with E-state index >= 15 is 0 Å². The van der Waals surface area contributed by atoms with Gasteiger partial charge in [0, 0.05) is 11.3 Å². The second-order valence-electron chi connectivity index (χ2n) is 4.07. The zero-order valence-electron chi connectivity index (χ0n) is 10.9. The summed E-state index contributed by atoms with van der Waals surface area (Å²) in [6, 6.07) is 11.6. The van der Waals surface area contributed by atoms with Crippen LogP contribution >= 0.6 is 0 Å². The first-order valence-electron chi connectivity index (χ1n) is 5.75. The lowest BCUT2D eigenvalue weighted by molar-refractivity contribution is 0.397. The molecule has 0 aliphatic heterocycles. The number of anilines is 1. The van der Waals surface area contributed by atoms with Crippen molar-refractivity contribution in [3.63, 3.8) is 0 Å². The van der Waals surface area contributed by atoms with Gasteiger partial charge in [0.2, 0.25) is 0 Å². The highest BCUT2D eigenvalue weighted by Crippen LogP contribution is 2.41. The molecule has 18 heavy (non-hydrogen) atoms. The van der Waals surface area contributed by atoms with E-state index in [1.54, 1.807) is 14.2 Å². The largest absolute Gasteiger partial charge is 0.496 e. The molecule has 0 fully saturated rings. The third-order valence-corrected chi connectivity index (χ3v) is 3.02. The minimum Gasteiger partial charge on any atom is -0.496 e. The number of rotatable bonds is 3. The molecule has 0 aliphatic carbocycles. The van der Waals surface area contributed by atoms with Gasteiger partial charge in [-0.1, -0.05) is 24.3 Å². The average molecular weight is 243 g/mol. The van der Waals surface area contributed by atoms with Crippen molar-refractivity contribution in [1.29, 1.82) is 0 Å². The van der Waals surface area contributed by atoms with Gasteiger partial charge in [-0.3, -0.25) is 0 Å². The van der Waals surface area contributed by atoms with Crippen molar-refractivity contribution >= 4 is 5.69 Å². The monoisotopic (exact) mass is 243 g/mol. The van der Waals surface area contributed by atoms with Gasteiger partial charge in [0.1, 0.15) is 11.5 Å². The van der Waals surface area contributed by atoms with Crippen LogP contribution in [0, 0.1) is 6.92 Å². The normalized spacial score (nSPS) is 10.2. The molecule has 94 valence electrons. The maximum atomic E-state index is 6.15. The number of hydrogen-bond donors (Lipinski definition) is 1. The first-order valence-corrected chi connectivity index (χ1v) is 5.75. The Kier molecular flexibility index (Phi) is 3.42. The number of hydrogen-bond acceptors (Lipinski definition) is 3. The van der Waals surface area contributed by atoms with Crippen LogP contribution in [0.2, 0.25) is 0 Å². The van der Waals surface area contributed by atoms with Gasteiger partial charge in [0.05, 0.1) is 19.8 Å². The van der Waals surface area contributed by atoms with E-state index < -0.39 is 0 Å². The number of methoxy groups -OCH3 is 2. The average Bonchev–Trinajstić information content (AvgIpc) is 2.41. The predicted octanol–water partition coefficient (Wildman–Crippen LogP) is 3.26. The molecule has 0 aromatic heterocycles. The standard InChI is InChI=1S/C15H17NO2/c1-10-6-4-7-11(15(10)16)14-12(17-2)8-5-9-13(14)18-3/h4-9H,16H2,1-3H3. The summed E-state index contributed by atoms with van der Waals surface area (Å²) in [6.07, 6.45) is 0. The van der Waals surface area contributed by atoms with Crippen molar-refractivity contribution in [3.05, 3.63) is 42.0 Å². The van der Waals surface area contributed by atoms with E-state index in [9.17, 15) is 0 Å². The van der Waals surface area contributed by atoms with Gasteiger partial charge >= 0.3 is 0 Å². The maximum absolute atomic E-state index is 6.15. The summed E-state index contributed by atoms with van der Waals surface area (Å²) in [6.45, 7) is 1.99. The van der Waals surface area contributed by atoms with Gasteiger partial charge in [0.15, 0.2) is 0 Å². The Bertz CT molecular complexity index is 542. The Morgan fingerprint density at radius 1 is 0.889 bits per heavy atom. The predicted molar refractivity (Wildman–Crippen MR) is 74.1 cm³/mol. The highest BCUT2D eigenvalue weighted by Gasteiger charge is 2.15. The quantitative estimate of drug-likeness (QED) is 0.841. The second-order valence-corrected chi connectivity index (χ2v) is 4.07. The number of para-hydroxylation sites is 1. The zero-order chi connectivity index (χ0) is 13.1. The van der Waals surface area contributed by atoms with E-state index in [2.05, 4.69) is 0 Å². The van der Waals surface area contributed by atoms with Crippen molar-refractivity contribution in [2.75, 3.05) is 20.0 Å². The van der Waals surface area contributed by atoms with Crippen molar-refractivity contribution in [2.24, 2.45) is 0 Å². The molecule has 0 unspecified atom stereocenters. The second kappa shape index (κ2) is 5.00. The fourth-order valence-electron chi connectivity index (χ4n) is 2.02. The molecule has 0 amide bonds. The third kappa shape index (κ3) is 1.99. The van der Waals surface area contributed by atoms with Crippen molar-refractivity contribution < 1.29 is 9.47 Å². The molecule has 0 radical (unpaired) electrons. The molecule has 2 aromatic rings. The van der Waals surface area contributed by atoms with Crippen LogP contribution in [0.5, 0.6) is 11.5 Å². The lowest BCUT2D eigenvalue weighted by atomic mass is 9.99. The zero-order valence-corrected chi connectivity index (χ0v) is 10.9. The SMILES string of the molecule is COc1cccc(OC)c1-c1cccc(C)c1N. The first kappa shape index (κ1) is 12.3. The molecule has 0 bridgehead atoms. The Hall–Kier alpha value is -2.16. The summed E-state index contributed by atoms with van der Waals surface area (Å²) in [5, 5.41) is 0. The number of nitrogens with two attached hydrogens (primary N) is 1. The topological polar surface area (TPSA) is 44.5 Å². The molecule has 0 saturated carbocycles. The van der Waals surface area contributed by atoms with Crippen LogP contribution in [0.3, 0.4) is 0 Å². The smallest absolute Gasteiger partial charge is 0.130 e. The maximum Gasteiger partial charge on any atom is 0.130 e. The number of benzene rings is 2. The van der Waals surface area contributed by atoms with E-state index in [1.807, 2.05) is 43.3 Å². The van der Waals surface area contributed by atoms with E-state index in [1.165, 1.54) is 0 Å². The number of nitrogen functional groups attached to an aromatic ring is 1. The van der Waals surface area contributed by atoms with Gasteiger partial charge in [-0.05, 0) is 24.6 Å². The minimum atomic E-state index is 0.750. The van der Waals surface area contributed by atoms with Crippen molar-refractivity contribution in [2.45, 2.75) is 6.92 Å². The summed E-state index contributed by atoms with van der Waals surface area (Å²) in [5.41, 5.74) is 9.77. The van der Waals surface area contributed by atoms with Crippen LogP contribution in [0.1, 0.15) is 5.56 Å². The van der Waals surface area contributed by atoms with E-state index in [0.29, 0.717) is 0 Å². The van der Waals surface area contributed by atoms with Gasteiger partial charge in [-0.2, -0.15) is 0 Å². The Morgan fingerprint density at radius 2 is 1.44 bits per heavy atom. The van der Waals surface area contributed by atoms with Crippen molar-refractivity contribution in [3.8, 4) is 22.6 Å². The molecule has 3 nitrogen and oxygen atoms in total. The third-order valence-electron chi connectivity index (χ3n) is 3.02. The molecular weight excluding hydrogens is 226 g/mol. The fraction of sp³-hybridized carbons (Fsp3) is 0.200. The van der Waals surface area contributed by atoms with E-state index in [0.717, 1.165) is 33.9 Å². The number of ether oxygens (including phenoxy) is 2. The van der Waals surface area contributed by atoms with Crippen LogP contribution in [0.4, 0.5) is 5.69 Å². The van der Waals surface area contributed by atoms with Crippen LogP contribution in [-0.2, 0) is 0 Å². The fourth-order valence-corrected chi connectivity index (χ4v) is 2.02. The Morgan fingerprint density at radius 3 is 2.00 bits per heavy atom. The van der Waals surface area contributed by atoms with Crippen LogP contribution in [0.25, 0.3) is 11.1 Å². The summed E-state index contributed by atoms with van der Waals surface area (Å²) >= 11 is 0.